The van der Waals surface area contributed by atoms with Crippen LogP contribution in [0.25, 0.3) is 11.1 Å². The Morgan fingerprint density at radius 3 is 2.43 bits per heavy atom. The summed E-state index contributed by atoms with van der Waals surface area (Å²) in [5, 5.41) is 10.3. The fourth-order valence-electron chi connectivity index (χ4n) is 2.93. The van der Waals surface area contributed by atoms with Gasteiger partial charge >= 0.3 is 0 Å². The van der Waals surface area contributed by atoms with Gasteiger partial charge < -0.3 is 14.4 Å². The van der Waals surface area contributed by atoms with Crippen LogP contribution in [0, 0.1) is 6.92 Å². The number of methoxy groups -OCH3 is 1. The van der Waals surface area contributed by atoms with E-state index < -0.39 is 6.10 Å². The first kappa shape index (κ1) is 17.3. The van der Waals surface area contributed by atoms with E-state index in [4.69, 9.17) is 4.74 Å². The van der Waals surface area contributed by atoms with Crippen molar-refractivity contribution < 1.29 is 9.84 Å². The van der Waals surface area contributed by atoms with Crippen molar-refractivity contribution in [2.24, 2.45) is 7.05 Å². The fourth-order valence-corrected chi connectivity index (χ4v) is 2.93. The summed E-state index contributed by atoms with van der Waals surface area (Å²) in [4.78, 5) is 11.9. The number of hydrogen-bond donors (Lipinski definition) is 1. The van der Waals surface area contributed by atoms with Gasteiger partial charge in [-0.1, -0.05) is 19.9 Å². The van der Waals surface area contributed by atoms with Crippen molar-refractivity contribution in [1.82, 2.24) is 4.57 Å². The minimum atomic E-state index is -0.532. The van der Waals surface area contributed by atoms with Crippen molar-refractivity contribution in [1.29, 1.82) is 0 Å². The van der Waals surface area contributed by atoms with Crippen molar-refractivity contribution in [3.8, 4) is 16.9 Å². The standard InChI is InChI=1S/C19H25NO3/c1-6-13-9-14(10-17(23-5)18(13)16(21)7-2)15-8-12(3)19(22)20(4)11-15/h8-11,16,21H,6-7H2,1-5H3. The summed E-state index contributed by atoms with van der Waals surface area (Å²) in [5.74, 6) is 0.695. The van der Waals surface area contributed by atoms with E-state index in [1.165, 1.54) is 0 Å². The van der Waals surface area contributed by atoms with Crippen LogP contribution in [0.5, 0.6) is 5.75 Å². The smallest absolute Gasteiger partial charge is 0.253 e. The molecule has 0 amide bonds. The number of aliphatic hydroxyl groups is 1. The third-order valence-corrected chi connectivity index (χ3v) is 4.24. The second-order valence-electron chi connectivity index (χ2n) is 5.86. The van der Waals surface area contributed by atoms with Crippen LogP contribution in [-0.2, 0) is 13.5 Å². The zero-order valence-electron chi connectivity index (χ0n) is 14.5. The first-order valence-electron chi connectivity index (χ1n) is 7.99. The van der Waals surface area contributed by atoms with Gasteiger partial charge in [0.15, 0.2) is 0 Å². The quantitative estimate of drug-likeness (QED) is 0.920. The van der Waals surface area contributed by atoms with E-state index in [2.05, 4.69) is 13.0 Å². The molecule has 4 heteroatoms. The third-order valence-electron chi connectivity index (χ3n) is 4.24. The lowest BCUT2D eigenvalue weighted by atomic mass is 9.93. The van der Waals surface area contributed by atoms with E-state index in [1.54, 1.807) is 18.7 Å². The lowest BCUT2D eigenvalue weighted by Crippen LogP contribution is -2.18. The highest BCUT2D eigenvalue weighted by Gasteiger charge is 2.18. The van der Waals surface area contributed by atoms with E-state index in [0.29, 0.717) is 17.7 Å². The topological polar surface area (TPSA) is 51.5 Å². The van der Waals surface area contributed by atoms with Gasteiger partial charge in [-0.05, 0) is 48.6 Å². The minimum Gasteiger partial charge on any atom is -0.496 e. The van der Waals surface area contributed by atoms with Crippen LogP contribution in [0.2, 0.25) is 0 Å². The lowest BCUT2D eigenvalue weighted by Gasteiger charge is -2.19. The number of ether oxygens (including phenoxy) is 1. The van der Waals surface area contributed by atoms with Gasteiger partial charge in [-0.25, -0.2) is 0 Å². The normalized spacial score (nSPS) is 12.3. The van der Waals surface area contributed by atoms with Gasteiger partial charge in [0.25, 0.3) is 5.56 Å². The zero-order chi connectivity index (χ0) is 17.1. The molecule has 124 valence electrons. The molecule has 0 fully saturated rings. The molecule has 4 nitrogen and oxygen atoms in total. The van der Waals surface area contributed by atoms with Gasteiger partial charge in [0.2, 0.25) is 0 Å². The molecular weight excluding hydrogens is 290 g/mol. The Morgan fingerprint density at radius 1 is 1.22 bits per heavy atom. The Hall–Kier alpha value is -2.07. The molecule has 0 aliphatic rings. The maximum Gasteiger partial charge on any atom is 0.253 e. The maximum absolute atomic E-state index is 11.9. The van der Waals surface area contributed by atoms with E-state index in [9.17, 15) is 9.90 Å². The van der Waals surface area contributed by atoms with Gasteiger partial charge in [0.05, 0.1) is 13.2 Å². The molecule has 0 saturated heterocycles. The Bertz CT molecular complexity index is 710. The van der Waals surface area contributed by atoms with Gasteiger partial charge in [-0.2, -0.15) is 0 Å². The molecule has 0 saturated carbocycles. The summed E-state index contributed by atoms with van der Waals surface area (Å²) in [7, 11) is 3.38. The summed E-state index contributed by atoms with van der Waals surface area (Å²) in [6.07, 6.45) is 2.75. The van der Waals surface area contributed by atoms with E-state index >= 15 is 0 Å². The average Bonchev–Trinajstić information content (AvgIpc) is 2.57. The van der Waals surface area contributed by atoms with Crippen LogP contribution < -0.4 is 10.3 Å². The van der Waals surface area contributed by atoms with Crippen molar-refractivity contribution >= 4 is 0 Å². The van der Waals surface area contributed by atoms with E-state index in [-0.39, 0.29) is 5.56 Å². The van der Waals surface area contributed by atoms with Crippen LogP contribution >= 0.6 is 0 Å². The molecule has 1 aromatic carbocycles. The molecule has 1 heterocycles. The molecule has 0 spiro atoms. The van der Waals surface area contributed by atoms with Gasteiger partial charge in [0.1, 0.15) is 5.75 Å². The monoisotopic (exact) mass is 315 g/mol. The highest BCUT2D eigenvalue weighted by molar-refractivity contribution is 5.68. The highest BCUT2D eigenvalue weighted by Crippen LogP contribution is 2.35. The predicted molar refractivity (Wildman–Crippen MR) is 93.0 cm³/mol. The number of aliphatic hydroxyl groups excluding tert-OH is 1. The van der Waals surface area contributed by atoms with Crippen molar-refractivity contribution in [3.63, 3.8) is 0 Å². The molecule has 2 aromatic rings. The summed E-state index contributed by atoms with van der Waals surface area (Å²) in [5.41, 5.74) is 4.61. The van der Waals surface area contributed by atoms with Gasteiger partial charge in [-0.15, -0.1) is 0 Å². The molecule has 1 unspecified atom stereocenters. The second-order valence-corrected chi connectivity index (χ2v) is 5.86. The van der Waals surface area contributed by atoms with Crippen molar-refractivity contribution in [2.45, 2.75) is 39.7 Å². The minimum absolute atomic E-state index is 0.00875. The van der Waals surface area contributed by atoms with Gasteiger partial charge in [0, 0.05) is 24.4 Å². The molecule has 2 rings (SSSR count). The number of rotatable bonds is 5. The molecule has 1 N–H and O–H groups in total. The Morgan fingerprint density at radius 2 is 1.91 bits per heavy atom. The fraction of sp³-hybridized carbons (Fsp3) is 0.421. The van der Waals surface area contributed by atoms with Crippen molar-refractivity contribution in [3.05, 3.63) is 51.4 Å². The SMILES string of the molecule is CCc1cc(-c2cc(C)c(=O)n(C)c2)cc(OC)c1C(O)CC. The summed E-state index contributed by atoms with van der Waals surface area (Å²) < 4.78 is 7.12. The molecule has 1 atom stereocenters. The maximum atomic E-state index is 11.9. The highest BCUT2D eigenvalue weighted by atomic mass is 16.5. The number of aryl methyl sites for hydroxylation is 3. The molecule has 1 aromatic heterocycles. The number of aromatic nitrogens is 1. The molecule has 0 radical (unpaired) electrons. The van der Waals surface area contributed by atoms with Crippen LogP contribution in [-0.4, -0.2) is 16.8 Å². The Balaban J connectivity index is 2.68. The van der Waals surface area contributed by atoms with Crippen LogP contribution in [0.3, 0.4) is 0 Å². The molecule has 0 bridgehead atoms. The average molecular weight is 315 g/mol. The van der Waals surface area contributed by atoms with Crippen LogP contribution in [0.15, 0.2) is 29.2 Å². The first-order chi connectivity index (χ1) is 10.9. The van der Waals surface area contributed by atoms with E-state index in [0.717, 1.165) is 28.7 Å². The van der Waals surface area contributed by atoms with Crippen LogP contribution in [0.1, 0.15) is 43.1 Å². The number of hydrogen-bond acceptors (Lipinski definition) is 3. The van der Waals surface area contributed by atoms with E-state index in [1.807, 2.05) is 32.2 Å². The lowest BCUT2D eigenvalue weighted by molar-refractivity contribution is 0.168. The molecule has 23 heavy (non-hydrogen) atoms. The number of nitrogens with zero attached hydrogens (tertiary/aromatic N) is 1. The summed E-state index contributed by atoms with van der Waals surface area (Å²) >= 11 is 0. The zero-order valence-corrected chi connectivity index (χ0v) is 14.5. The molecule has 0 aliphatic heterocycles. The summed E-state index contributed by atoms with van der Waals surface area (Å²) in [6, 6.07) is 5.91. The van der Waals surface area contributed by atoms with Gasteiger partial charge in [-0.3, -0.25) is 4.79 Å². The third kappa shape index (κ3) is 3.32. The Labute approximate surface area is 137 Å². The molecule has 0 aliphatic carbocycles. The Kier molecular flexibility index (Phi) is 5.26. The first-order valence-corrected chi connectivity index (χ1v) is 7.99. The number of pyridine rings is 1. The molecular formula is C19H25NO3. The second kappa shape index (κ2) is 7.01. The van der Waals surface area contributed by atoms with Crippen molar-refractivity contribution in [2.75, 3.05) is 7.11 Å². The van der Waals surface area contributed by atoms with Crippen LogP contribution in [0.4, 0.5) is 0 Å². The largest absolute Gasteiger partial charge is 0.496 e. The number of benzene rings is 1. The predicted octanol–water partition coefficient (Wildman–Crippen LogP) is 3.38. The summed E-state index contributed by atoms with van der Waals surface area (Å²) in [6.45, 7) is 5.84.